The highest BCUT2D eigenvalue weighted by Gasteiger charge is 2.49. The normalized spacial score (nSPS) is 10.0. The lowest BCUT2D eigenvalue weighted by molar-refractivity contribution is -0.624. The van der Waals surface area contributed by atoms with E-state index in [1.54, 1.807) is 0 Å². The van der Waals surface area contributed by atoms with Crippen molar-refractivity contribution >= 4 is 23.6 Å². The average Bonchev–Trinajstić information content (AvgIpc) is 1.82. The van der Waals surface area contributed by atoms with Gasteiger partial charge in [-0.15, -0.1) is 0 Å². The second-order valence-electron chi connectivity index (χ2n) is 2.75. The Labute approximate surface area is 99.1 Å². The van der Waals surface area contributed by atoms with Crippen LogP contribution in [0.4, 0.5) is 0 Å². The van der Waals surface area contributed by atoms with Crippen molar-refractivity contribution in [2.45, 2.75) is 27.7 Å². The Bertz CT molecular complexity index is 236. The number of hydrogen-bond acceptors (Lipinski definition) is 4. The van der Waals surface area contributed by atoms with Crippen LogP contribution in [0.5, 0.6) is 0 Å². The summed E-state index contributed by atoms with van der Waals surface area (Å²) in [6, 6.07) is 0. The van der Waals surface area contributed by atoms with Crippen LogP contribution in [0.2, 0.25) is 0 Å². The number of imide groups is 6. The summed E-state index contributed by atoms with van der Waals surface area (Å²) in [7, 11) is 0. The number of halogens is 1. The number of carbonyl (C=O) groups is 4. The number of nitrogens with zero attached hydrogens (tertiary/aromatic N) is 1. The van der Waals surface area contributed by atoms with Gasteiger partial charge in [0.2, 0.25) is 0 Å². The zero-order valence-electron chi connectivity index (χ0n) is 8.46. The predicted octanol–water partition coefficient (Wildman–Crippen LogP) is -3.01. The van der Waals surface area contributed by atoms with Crippen molar-refractivity contribution in [3.05, 3.63) is 0 Å². The minimum absolute atomic E-state index is 0. The third-order valence-electron chi connectivity index (χ3n) is 1.89. The third-order valence-corrected chi connectivity index (χ3v) is 1.89. The van der Waals surface area contributed by atoms with Gasteiger partial charge < -0.3 is 24.0 Å². The molecule has 5 nitrogen and oxygen atoms in total. The smallest absolute Gasteiger partial charge is 0.332 e. The summed E-state index contributed by atoms with van der Waals surface area (Å²) in [6.45, 7) is 4.18. The molecule has 0 rings (SSSR count). The van der Waals surface area contributed by atoms with Gasteiger partial charge in [-0.1, -0.05) is 4.48 Å². The Morgan fingerprint density at radius 1 is 0.643 bits per heavy atom. The number of quaternary nitrogens is 1. The fourth-order valence-corrected chi connectivity index (χ4v) is 1.33. The van der Waals surface area contributed by atoms with Crippen molar-refractivity contribution in [2.75, 3.05) is 0 Å². The summed E-state index contributed by atoms with van der Waals surface area (Å²) in [5.41, 5.74) is 0. The van der Waals surface area contributed by atoms with Crippen LogP contribution in [0.15, 0.2) is 0 Å². The van der Waals surface area contributed by atoms with E-state index in [-0.39, 0.29) is 24.0 Å². The van der Waals surface area contributed by atoms with Crippen LogP contribution in [-0.4, -0.2) is 28.1 Å². The minimum atomic E-state index is -1.33. The summed E-state index contributed by atoms with van der Waals surface area (Å²) in [4.78, 5) is 44.4. The first-order valence-electron chi connectivity index (χ1n) is 3.71. The van der Waals surface area contributed by atoms with E-state index >= 15 is 0 Å². The Balaban J connectivity index is 0. The molecule has 0 aliphatic rings. The van der Waals surface area contributed by atoms with Crippen LogP contribution in [0.1, 0.15) is 27.7 Å². The summed E-state index contributed by atoms with van der Waals surface area (Å²) in [5.74, 6) is -3.08. The highest BCUT2D eigenvalue weighted by Crippen LogP contribution is 2.10. The Morgan fingerprint density at radius 2 is 0.786 bits per heavy atom. The van der Waals surface area contributed by atoms with E-state index < -0.39 is 28.1 Å². The van der Waals surface area contributed by atoms with Gasteiger partial charge in [0.15, 0.2) is 0 Å². The van der Waals surface area contributed by atoms with E-state index in [0.29, 0.717) is 0 Å². The van der Waals surface area contributed by atoms with Gasteiger partial charge in [0.25, 0.3) is 0 Å². The Hall–Kier alpha value is -0.630. The van der Waals surface area contributed by atoms with Gasteiger partial charge in [-0.3, -0.25) is 0 Å². The lowest BCUT2D eigenvalue weighted by Crippen LogP contribution is -3.00. The largest absolute Gasteiger partial charge is 1.00 e. The van der Waals surface area contributed by atoms with Crippen molar-refractivity contribution in [1.29, 1.82) is 0 Å². The molecule has 0 saturated heterocycles. The standard InChI is InChI=1S/C8H12NO4.HI/c1-5(10)9(6(2)11,7(3)12)8(4)13;/h1-4H3;1H/q+1;/p-1. The molecular formula is C8H12INO4. The van der Waals surface area contributed by atoms with Crippen molar-refractivity contribution < 1.29 is 47.6 Å². The number of hydrogen-bond donors (Lipinski definition) is 0. The van der Waals surface area contributed by atoms with Gasteiger partial charge in [0.05, 0.1) is 27.7 Å². The van der Waals surface area contributed by atoms with E-state index in [4.69, 9.17) is 0 Å². The van der Waals surface area contributed by atoms with E-state index in [1.165, 1.54) is 0 Å². The maximum atomic E-state index is 11.1. The molecule has 4 amide bonds. The highest BCUT2D eigenvalue weighted by atomic mass is 127. The first-order valence-corrected chi connectivity index (χ1v) is 3.71. The van der Waals surface area contributed by atoms with E-state index in [2.05, 4.69) is 0 Å². The maximum absolute atomic E-state index is 11.1. The van der Waals surface area contributed by atoms with Crippen LogP contribution in [-0.2, 0) is 19.2 Å². The molecule has 0 aliphatic heterocycles. The first-order chi connectivity index (χ1) is 5.77. The van der Waals surface area contributed by atoms with Crippen LogP contribution >= 0.6 is 0 Å². The minimum Gasteiger partial charge on any atom is -1.00 e. The highest BCUT2D eigenvalue weighted by molar-refractivity contribution is 6.07. The van der Waals surface area contributed by atoms with Crippen LogP contribution in [0, 0.1) is 0 Å². The zero-order valence-corrected chi connectivity index (χ0v) is 10.6. The first kappa shape index (κ1) is 15.8. The Kier molecular flexibility index (Phi) is 5.99. The monoisotopic (exact) mass is 313 g/mol. The molecule has 0 spiro atoms. The van der Waals surface area contributed by atoms with Gasteiger partial charge in [0.1, 0.15) is 0 Å². The zero-order chi connectivity index (χ0) is 10.8. The van der Waals surface area contributed by atoms with Crippen molar-refractivity contribution in [3.8, 4) is 0 Å². The third kappa shape index (κ3) is 2.24. The number of carbonyl (C=O) groups excluding carboxylic acids is 4. The topological polar surface area (TPSA) is 68.3 Å². The van der Waals surface area contributed by atoms with Gasteiger partial charge in [-0.05, 0) is 0 Å². The SMILES string of the molecule is CC(=O)[N+](C(C)=O)(C(C)=O)C(C)=O.[I-]. The van der Waals surface area contributed by atoms with E-state index in [0.717, 1.165) is 27.7 Å². The second-order valence-corrected chi connectivity index (χ2v) is 2.75. The molecule has 0 saturated carbocycles. The molecular weight excluding hydrogens is 301 g/mol. The van der Waals surface area contributed by atoms with Crippen molar-refractivity contribution in [3.63, 3.8) is 0 Å². The molecule has 0 heterocycles. The Morgan fingerprint density at radius 3 is 0.786 bits per heavy atom. The molecule has 0 unspecified atom stereocenters. The van der Waals surface area contributed by atoms with Crippen molar-refractivity contribution in [2.24, 2.45) is 0 Å². The second kappa shape index (κ2) is 5.30. The molecule has 6 heteroatoms. The molecule has 80 valence electrons. The fraction of sp³-hybridized carbons (Fsp3) is 0.500. The maximum Gasteiger partial charge on any atom is 0.332 e. The van der Waals surface area contributed by atoms with Gasteiger partial charge in [-0.2, -0.15) is 0 Å². The summed E-state index contributed by atoms with van der Waals surface area (Å²) < 4.78 is -1.33. The fourth-order valence-electron chi connectivity index (χ4n) is 1.33. The quantitative estimate of drug-likeness (QED) is 0.353. The molecule has 0 atom stereocenters. The molecule has 0 N–H and O–H groups in total. The van der Waals surface area contributed by atoms with Crippen LogP contribution in [0.3, 0.4) is 0 Å². The summed E-state index contributed by atoms with van der Waals surface area (Å²) >= 11 is 0. The molecule has 14 heavy (non-hydrogen) atoms. The number of rotatable bonds is 0. The lowest BCUT2D eigenvalue weighted by atomic mass is 10.3. The molecule has 0 aromatic carbocycles. The molecule has 0 bridgehead atoms. The molecule has 0 aromatic rings. The molecule has 0 fully saturated rings. The molecule has 0 aromatic heterocycles. The number of amides is 4. The van der Waals surface area contributed by atoms with Crippen LogP contribution in [0.25, 0.3) is 0 Å². The van der Waals surface area contributed by atoms with E-state index in [1.807, 2.05) is 0 Å². The average molecular weight is 313 g/mol. The predicted molar refractivity (Wildman–Crippen MR) is 43.0 cm³/mol. The van der Waals surface area contributed by atoms with Crippen molar-refractivity contribution in [1.82, 2.24) is 0 Å². The van der Waals surface area contributed by atoms with E-state index in [9.17, 15) is 19.2 Å². The van der Waals surface area contributed by atoms with Gasteiger partial charge >= 0.3 is 23.6 Å². The molecule has 0 radical (unpaired) electrons. The lowest BCUT2D eigenvalue weighted by Gasteiger charge is -2.22. The summed E-state index contributed by atoms with van der Waals surface area (Å²) in [5, 5.41) is 0. The van der Waals surface area contributed by atoms with Gasteiger partial charge in [0, 0.05) is 0 Å². The van der Waals surface area contributed by atoms with Gasteiger partial charge in [-0.25, -0.2) is 19.2 Å². The summed E-state index contributed by atoms with van der Waals surface area (Å²) in [6.07, 6.45) is 0. The molecule has 0 aliphatic carbocycles. The van der Waals surface area contributed by atoms with Crippen LogP contribution < -0.4 is 24.0 Å².